The smallest absolute Gasteiger partial charge is 0.255 e. The molecule has 0 bridgehead atoms. The molecule has 0 fully saturated rings. The number of carbonyl (C=O) groups excluding carboxylic acids is 1. The highest BCUT2D eigenvalue weighted by Crippen LogP contribution is 2.25. The second-order valence-electron chi connectivity index (χ2n) is 3.98. The molecular formula is C14H12BrClN2O. The highest BCUT2D eigenvalue weighted by Gasteiger charge is 2.07. The zero-order chi connectivity index (χ0) is 13.8. The molecule has 0 heterocycles. The molecule has 0 saturated carbocycles. The first-order valence-corrected chi connectivity index (χ1v) is 6.82. The van der Waals surface area contributed by atoms with E-state index in [1.165, 1.54) is 0 Å². The highest BCUT2D eigenvalue weighted by molar-refractivity contribution is 9.10. The van der Waals surface area contributed by atoms with Gasteiger partial charge in [0.25, 0.3) is 5.91 Å². The molecule has 0 saturated heterocycles. The highest BCUT2D eigenvalue weighted by atomic mass is 79.9. The first-order valence-electron chi connectivity index (χ1n) is 5.65. The molecule has 0 aliphatic rings. The first-order chi connectivity index (χ1) is 9.10. The van der Waals surface area contributed by atoms with Crippen LogP contribution in [0, 0.1) is 0 Å². The van der Waals surface area contributed by atoms with E-state index in [9.17, 15) is 4.79 Å². The number of anilines is 1. The fourth-order valence-corrected chi connectivity index (χ4v) is 2.00. The molecule has 0 aliphatic carbocycles. The molecule has 0 aromatic heterocycles. The third-order valence-electron chi connectivity index (χ3n) is 2.63. The van der Waals surface area contributed by atoms with E-state index in [-0.39, 0.29) is 5.91 Å². The van der Waals surface area contributed by atoms with E-state index in [1.807, 2.05) is 12.1 Å². The second-order valence-corrected chi connectivity index (χ2v) is 5.25. The molecule has 3 nitrogen and oxygen atoms in total. The largest absolute Gasteiger partial charge is 0.326 e. The topological polar surface area (TPSA) is 55.1 Å². The number of benzene rings is 2. The van der Waals surface area contributed by atoms with Gasteiger partial charge in [0.1, 0.15) is 0 Å². The average molecular weight is 340 g/mol. The molecule has 0 aliphatic heterocycles. The van der Waals surface area contributed by atoms with Crippen LogP contribution < -0.4 is 11.1 Å². The van der Waals surface area contributed by atoms with E-state index in [1.54, 1.807) is 30.3 Å². The monoisotopic (exact) mass is 338 g/mol. The van der Waals surface area contributed by atoms with Crippen LogP contribution in [0.3, 0.4) is 0 Å². The van der Waals surface area contributed by atoms with Crippen LogP contribution in [0.25, 0.3) is 0 Å². The maximum absolute atomic E-state index is 12.0. The van der Waals surface area contributed by atoms with Crippen LogP contribution >= 0.6 is 27.5 Å². The lowest BCUT2D eigenvalue weighted by Crippen LogP contribution is -2.12. The summed E-state index contributed by atoms with van der Waals surface area (Å²) >= 11 is 9.27. The first kappa shape index (κ1) is 14.1. The van der Waals surface area contributed by atoms with Crippen molar-refractivity contribution in [1.82, 2.24) is 0 Å². The van der Waals surface area contributed by atoms with Crippen molar-refractivity contribution >= 4 is 39.1 Å². The molecular weight excluding hydrogens is 328 g/mol. The van der Waals surface area contributed by atoms with Gasteiger partial charge in [-0.2, -0.15) is 0 Å². The van der Waals surface area contributed by atoms with E-state index >= 15 is 0 Å². The van der Waals surface area contributed by atoms with Crippen molar-refractivity contribution in [2.45, 2.75) is 6.54 Å². The lowest BCUT2D eigenvalue weighted by Gasteiger charge is -2.07. The van der Waals surface area contributed by atoms with Gasteiger partial charge in [-0.15, -0.1) is 0 Å². The summed E-state index contributed by atoms with van der Waals surface area (Å²) in [5.74, 6) is -0.179. The van der Waals surface area contributed by atoms with Crippen LogP contribution in [-0.4, -0.2) is 5.91 Å². The molecule has 0 spiro atoms. The number of hydrogen-bond donors (Lipinski definition) is 2. The van der Waals surface area contributed by atoms with Crippen molar-refractivity contribution in [2.75, 3.05) is 5.32 Å². The molecule has 2 rings (SSSR count). The molecule has 0 atom stereocenters. The minimum Gasteiger partial charge on any atom is -0.326 e. The summed E-state index contributed by atoms with van der Waals surface area (Å²) in [4.78, 5) is 12.0. The van der Waals surface area contributed by atoms with E-state index in [4.69, 9.17) is 17.3 Å². The molecule has 2 aromatic carbocycles. The van der Waals surface area contributed by atoms with Gasteiger partial charge in [-0.25, -0.2) is 0 Å². The molecule has 0 radical (unpaired) electrons. The zero-order valence-corrected chi connectivity index (χ0v) is 12.3. The van der Waals surface area contributed by atoms with Crippen molar-refractivity contribution in [2.24, 2.45) is 5.73 Å². The summed E-state index contributed by atoms with van der Waals surface area (Å²) < 4.78 is 0.791. The van der Waals surface area contributed by atoms with Crippen LogP contribution in [0.4, 0.5) is 5.69 Å². The van der Waals surface area contributed by atoms with Crippen molar-refractivity contribution in [3.63, 3.8) is 0 Å². The lowest BCUT2D eigenvalue weighted by atomic mass is 10.1. The summed E-state index contributed by atoms with van der Waals surface area (Å²) in [6.45, 7) is 0.463. The third kappa shape index (κ3) is 3.56. The van der Waals surface area contributed by atoms with Crippen molar-refractivity contribution < 1.29 is 4.79 Å². The van der Waals surface area contributed by atoms with Crippen LogP contribution in [-0.2, 0) is 6.54 Å². The Bertz CT molecular complexity index is 599. The number of nitrogens with two attached hydrogens (primary N) is 1. The Hall–Kier alpha value is -1.36. The summed E-state index contributed by atoms with van der Waals surface area (Å²) in [5, 5.41) is 3.34. The fourth-order valence-electron chi connectivity index (χ4n) is 1.57. The minimum absolute atomic E-state index is 0.179. The Morgan fingerprint density at radius 2 is 1.89 bits per heavy atom. The number of hydrogen-bond acceptors (Lipinski definition) is 2. The summed E-state index contributed by atoms with van der Waals surface area (Å²) in [7, 11) is 0. The van der Waals surface area contributed by atoms with Gasteiger partial charge >= 0.3 is 0 Å². The molecule has 2 aromatic rings. The van der Waals surface area contributed by atoms with Gasteiger partial charge < -0.3 is 11.1 Å². The Labute approximate surface area is 124 Å². The number of carbonyl (C=O) groups is 1. The standard InChI is InChI=1S/C14H12BrClN2O/c15-12-6-5-11(7-13(12)16)18-14(19)10-3-1-9(8-17)2-4-10/h1-7H,8,17H2,(H,18,19). The van der Waals surface area contributed by atoms with Gasteiger partial charge in [0, 0.05) is 22.3 Å². The number of halogens is 2. The second kappa shape index (κ2) is 6.19. The van der Waals surface area contributed by atoms with E-state index in [0.717, 1.165) is 10.0 Å². The Balaban J connectivity index is 2.13. The average Bonchev–Trinajstić information content (AvgIpc) is 2.43. The molecule has 98 valence electrons. The van der Waals surface area contributed by atoms with Gasteiger partial charge in [-0.1, -0.05) is 23.7 Å². The molecule has 1 amide bonds. The van der Waals surface area contributed by atoms with Gasteiger partial charge in [-0.3, -0.25) is 4.79 Å². The maximum atomic E-state index is 12.0. The molecule has 5 heteroatoms. The summed E-state index contributed by atoms with van der Waals surface area (Å²) in [6.07, 6.45) is 0. The van der Waals surface area contributed by atoms with Gasteiger partial charge in [0.05, 0.1) is 5.02 Å². The van der Waals surface area contributed by atoms with E-state index < -0.39 is 0 Å². The summed E-state index contributed by atoms with van der Waals surface area (Å²) in [6, 6.07) is 12.4. The molecule has 0 unspecified atom stereocenters. The number of amides is 1. The van der Waals surface area contributed by atoms with Crippen molar-refractivity contribution in [3.05, 3.63) is 63.1 Å². The third-order valence-corrected chi connectivity index (χ3v) is 3.86. The van der Waals surface area contributed by atoms with Gasteiger partial charge in [-0.05, 0) is 51.8 Å². The van der Waals surface area contributed by atoms with Crippen LogP contribution in [0.15, 0.2) is 46.9 Å². The number of nitrogens with one attached hydrogen (secondary N) is 1. The van der Waals surface area contributed by atoms with Crippen molar-refractivity contribution in [3.8, 4) is 0 Å². The fraction of sp³-hybridized carbons (Fsp3) is 0.0714. The van der Waals surface area contributed by atoms with E-state index in [0.29, 0.717) is 22.8 Å². The normalized spacial score (nSPS) is 10.3. The Kier molecular flexibility index (Phi) is 4.58. The van der Waals surface area contributed by atoms with Crippen LogP contribution in [0.1, 0.15) is 15.9 Å². The number of rotatable bonds is 3. The van der Waals surface area contributed by atoms with Gasteiger partial charge in [0.15, 0.2) is 0 Å². The SMILES string of the molecule is NCc1ccc(C(=O)Nc2ccc(Br)c(Cl)c2)cc1. The lowest BCUT2D eigenvalue weighted by molar-refractivity contribution is 0.102. The predicted molar refractivity (Wildman–Crippen MR) is 81.4 cm³/mol. The van der Waals surface area contributed by atoms with Crippen molar-refractivity contribution in [1.29, 1.82) is 0 Å². The molecule has 3 N–H and O–H groups in total. The zero-order valence-electron chi connectivity index (χ0n) is 9.99. The Morgan fingerprint density at radius 3 is 2.47 bits per heavy atom. The Morgan fingerprint density at radius 1 is 1.21 bits per heavy atom. The van der Waals surface area contributed by atoms with Crippen LogP contribution in [0.2, 0.25) is 5.02 Å². The quantitative estimate of drug-likeness (QED) is 0.893. The predicted octanol–water partition coefficient (Wildman–Crippen LogP) is 3.81. The minimum atomic E-state index is -0.179. The molecule has 19 heavy (non-hydrogen) atoms. The maximum Gasteiger partial charge on any atom is 0.255 e. The van der Waals surface area contributed by atoms with Crippen LogP contribution in [0.5, 0.6) is 0 Å². The van der Waals surface area contributed by atoms with Gasteiger partial charge in [0.2, 0.25) is 0 Å². The van der Waals surface area contributed by atoms with E-state index in [2.05, 4.69) is 21.2 Å². The summed E-state index contributed by atoms with van der Waals surface area (Å²) in [5.41, 5.74) is 7.73.